The quantitative estimate of drug-likeness (QED) is 0.145. The molecule has 0 saturated carbocycles. The second-order valence-corrected chi connectivity index (χ2v) is 7.86. The number of nitrogens with one attached hydrogen (secondary N) is 4. The van der Waals surface area contributed by atoms with Crippen molar-refractivity contribution < 1.29 is 38.6 Å². The summed E-state index contributed by atoms with van der Waals surface area (Å²) in [6.45, 7) is 13.0. The zero-order chi connectivity index (χ0) is 28.7. The number of likely N-dealkylation sites (N-methyl/N-ethyl adjacent to an activating group) is 1. The predicted molar refractivity (Wildman–Crippen MR) is 136 cm³/mol. The van der Waals surface area contributed by atoms with Crippen molar-refractivity contribution in [3.8, 4) is 0 Å². The monoisotopic (exact) mass is 521 g/mol. The first-order valence-corrected chi connectivity index (χ1v) is 11.8. The van der Waals surface area contributed by atoms with Crippen LogP contribution in [0.4, 0.5) is 0 Å². The number of carbonyl (C=O) groups excluding carboxylic acids is 4. The summed E-state index contributed by atoms with van der Waals surface area (Å²) in [6, 6.07) is -1.03. The molecule has 0 fully saturated rings. The Labute approximate surface area is 215 Å². The van der Waals surface area contributed by atoms with Crippen molar-refractivity contribution >= 4 is 29.7 Å². The van der Waals surface area contributed by atoms with E-state index >= 15 is 0 Å². The second-order valence-electron chi connectivity index (χ2n) is 7.86. The maximum Gasteiger partial charge on any atom is 0.322 e. The topological polar surface area (TPSA) is 175 Å². The third kappa shape index (κ3) is 24.4. The summed E-state index contributed by atoms with van der Waals surface area (Å²) < 4.78 is 9.01. The molecule has 0 aliphatic rings. The highest BCUT2D eigenvalue weighted by atomic mass is 16.5. The normalized spacial score (nSPS) is 12.4. The Morgan fingerprint density at radius 2 is 1.19 bits per heavy atom. The van der Waals surface area contributed by atoms with Crippen LogP contribution in [-0.2, 0) is 33.4 Å². The lowest BCUT2D eigenvalue weighted by Crippen LogP contribution is -2.40. The van der Waals surface area contributed by atoms with E-state index in [0.29, 0.717) is 26.2 Å². The van der Waals surface area contributed by atoms with Gasteiger partial charge < -0.3 is 35.8 Å². The Morgan fingerprint density at radius 1 is 0.778 bits per heavy atom. The molecular formula is C23H47N5O8. The lowest BCUT2D eigenvalue weighted by molar-refractivity contribution is -0.143. The molecule has 0 aromatic rings. The first kappa shape index (κ1) is 37.8. The number of amides is 2. The molecule has 3 unspecified atom stereocenters. The largest absolute Gasteiger partial charge is 0.480 e. The SMILES string of the molecule is CC(=O)NCCN(C)C(C)C(=O)O.CCCNC(C)C(=O)OC.COC(=O)C(C)NCCNC(C)=O. The van der Waals surface area contributed by atoms with E-state index in [9.17, 15) is 24.0 Å². The standard InChI is InChI=1S/2C8H16N2O3.C7H15NO2/c1-6(8(12)13)10(3)5-4-9-7(2)11;1-6(8(12)13-3)9-4-5-10-7(2)11;1-4-5-8-6(2)7(9)10-3/h6H,4-5H2,1-3H3,(H,9,11)(H,12,13);6,9H,4-5H2,1-3H3,(H,10,11);6,8H,4-5H2,1-3H3. The van der Waals surface area contributed by atoms with Gasteiger partial charge in [0, 0.05) is 40.0 Å². The zero-order valence-corrected chi connectivity index (χ0v) is 23.2. The number of carboxylic acid groups (broad SMARTS) is 1. The Kier molecular flexibility index (Phi) is 25.1. The van der Waals surface area contributed by atoms with Crippen molar-refractivity contribution in [1.29, 1.82) is 0 Å². The van der Waals surface area contributed by atoms with E-state index in [4.69, 9.17) is 5.11 Å². The van der Waals surface area contributed by atoms with Gasteiger partial charge in [-0.3, -0.25) is 28.9 Å². The van der Waals surface area contributed by atoms with Crippen molar-refractivity contribution in [3.05, 3.63) is 0 Å². The summed E-state index contributed by atoms with van der Waals surface area (Å²) in [5, 5.41) is 19.7. The molecule has 212 valence electrons. The average Bonchev–Trinajstić information content (AvgIpc) is 2.83. The second kappa shape index (κ2) is 23.9. The minimum Gasteiger partial charge on any atom is -0.480 e. The minimum absolute atomic E-state index is 0.0764. The lowest BCUT2D eigenvalue weighted by Gasteiger charge is -2.20. The molecule has 0 radical (unpaired) electrons. The Bertz CT molecular complexity index is 648. The fraction of sp³-hybridized carbons (Fsp3) is 0.783. The number of methoxy groups -OCH3 is 2. The summed E-state index contributed by atoms with van der Waals surface area (Å²) in [5.41, 5.74) is 0. The van der Waals surface area contributed by atoms with Gasteiger partial charge in [0.15, 0.2) is 0 Å². The Hall–Kier alpha value is -2.77. The zero-order valence-electron chi connectivity index (χ0n) is 23.2. The number of ether oxygens (including phenoxy) is 2. The van der Waals surface area contributed by atoms with Gasteiger partial charge in [-0.05, 0) is 40.8 Å². The molecule has 0 spiro atoms. The maximum atomic E-state index is 10.9. The van der Waals surface area contributed by atoms with E-state index in [1.807, 2.05) is 0 Å². The van der Waals surface area contributed by atoms with Gasteiger partial charge in [0.25, 0.3) is 0 Å². The molecule has 13 heteroatoms. The smallest absolute Gasteiger partial charge is 0.322 e. The molecule has 0 aliphatic carbocycles. The fourth-order valence-corrected chi connectivity index (χ4v) is 2.20. The van der Waals surface area contributed by atoms with Crippen molar-refractivity contribution in [2.45, 2.75) is 66.1 Å². The van der Waals surface area contributed by atoms with Crippen LogP contribution in [0.5, 0.6) is 0 Å². The van der Waals surface area contributed by atoms with Gasteiger partial charge in [-0.25, -0.2) is 0 Å². The minimum atomic E-state index is -0.856. The first-order valence-electron chi connectivity index (χ1n) is 11.8. The van der Waals surface area contributed by atoms with Gasteiger partial charge in [-0.15, -0.1) is 0 Å². The lowest BCUT2D eigenvalue weighted by atomic mass is 10.3. The van der Waals surface area contributed by atoms with Crippen LogP contribution in [-0.4, -0.2) is 112 Å². The highest BCUT2D eigenvalue weighted by Gasteiger charge is 2.15. The average molecular weight is 522 g/mol. The molecule has 0 heterocycles. The Morgan fingerprint density at radius 3 is 1.56 bits per heavy atom. The maximum absolute atomic E-state index is 10.9. The summed E-state index contributed by atoms with van der Waals surface area (Å²) >= 11 is 0. The third-order valence-corrected chi connectivity index (χ3v) is 4.62. The van der Waals surface area contributed by atoms with Gasteiger partial charge in [0.2, 0.25) is 11.8 Å². The van der Waals surface area contributed by atoms with Gasteiger partial charge in [-0.2, -0.15) is 0 Å². The third-order valence-electron chi connectivity index (χ3n) is 4.62. The van der Waals surface area contributed by atoms with Crippen molar-refractivity contribution in [2.24, 2.45) is 0 Å². The first-order chi connectivity index (χ1) is 16.7. The molecule has 2 amide bonds. The summed E-state index contributed by atoms with van der Waals surface area (Å²) in [6.07, 6.45) is 1.03. The highest BCUT2D eigenvalue weighted by Crippen LogP contribution is 1.93. The summed E-state index contributed by atoms with van der Waals surface area (Å²) in [4.78, 5) is 54.7. The molecule has 5 N–H and O–H groups in total. The Balaban J connectivity index is -0.000000459. The van der Waals surface area contributed by atoms with E-state index in [1.165, 1.54) is 28.1 Å². The molecule has 13 nitrogen and oxygen atoms in total. The molecule has 36 heavy (non-hydrogen) atoms. The van der Waals surface area contributed by atoms with E-state index in [0.717, 1.165) is 13.0 Å². The van der Waals surface area contributed by atoms with Crippen molar-refractivity contribution in [3.63, 3.8) is 0 Å². The number of nitrogens with zero attached hydrogens (tertiary/aromatic N) is 1. The molecule has 0 saturated heterocycles. The number of hydrogen-bond donors (Lipinski definition) is 5. The van der Waals surface area contributed by atoms with Gasteiger partial charge >= 0.3 is 17.9 Å². The van der Waals surface area contributed by atoms with E-state index in [1.54, 1.807) is 32.7 Å². The molecule has 0 bridgehead atoms. The van der Waals surface area contributed by atoms with E-state index < -0.39 is 12.0 Å². The number of carbonyl (C=O) groups is 5. The molecule has 0 aromatic carbocycles. The van der Waals surface area contributed by atoms with Crippen LogP contribution >= 0.6 is 0 Å². The van der Waals surface area contributed by atoms with Crippen LogP contribution < -0.4 is 21.3 Å². The predicted octanol–water partition coefficient (Wildman–Crippen LogP) is -0.651. The van der Waals surface area contributed by atoms with Crippen LogP contribution in [0.25, 0.3) is 0 Å². The summed E-state index contributed by atoms with van der Waals surface area (Å²) in [7, 11) is 4.45. The molecule has 0 rings (SSSR count). The van der Waals surface area contributed by atoms with Crippen LogP contribution in [0.2, 0.25) is 0 Å². The number of carboxylic acids is 1. The van der Waals surface area contributed by atoms with E-state index in [-0.39, 0.29) is 35.8 Å². The van der Waals surface area contributed by atoms with Gasteiger partial charge in [0.05, 0.1) is 14.2 Å². The molecule has 3 atom stereocenters. The number of hydrogen-bond acceptors (Lipinski definition) is 10. The fourth-order valence-electron chi connectivity index (χ4n) is 2.20. The summed E-state index contributed by atoms with van der Waals surface area (Å²) in [5.74, 6) is -1.54. The van der Waals surface area contributed by atoms with Gasteiger partial charge in [0.1, 0.15) is 18.1 Å². The van der Waals surface area contributed by atoms with Crippen molar-refractivity contribution in [2.75, 3.05) is 54.0 Å². The van der Waals surface area contributed by atoms with Crippen LogP contribution in [0.15, 0.2) is 0 Å². The van der Waals surface area contributed by atoms with Crippen LogP contribution in [0.3, 0.4) is 0 Å². The highest BCUT2D eigenvalue weighted by molar-refractivity contribution is 5.75. The van der Waals surface area contributed by atoms with Crippen LogP contribution in [0, 0.1) is 0 Å². The number of aliphatic carboxylic acids is 1. The van der Waals surface area contributed by atoms with E-state index in [2.05, 4.69) is 37.7 Å². The molecular weight excluding hydrogens is 474 g/mol. The van der Waals surface area contributed by atoms with Gasteiger partial charge in [-0.1, -0.05) is 6.92 Å². The van der Waals surface area contributed by atoms with Crippen LogP contribution in [0.1, 0.15) is 48.0 Å². The molecule has 0 aromatic heterocycles. The number of esters is 2. The van der Waals surface area contributed by atoms with Crippen molar-refractivity contribution in [1.82, 2.24) is 26.2 Å². The number of rotatable bonds is 14. The molecule has 0 aliphatic heterocycles.